The van der Waals surface area contributed by atoms with Crippen LogP contribution in [0, 0.1) is 5.92 Å². The Bertz CT molecular complexity index is 1020. The molecule has 0 aromatic heterocycles. The number of carboxylic acid groups (broad SMARTS) is 1. The van der Waals surface area contributed by atoms with Gasteiger partial charge in [0.1, 0.15) is 12.6 Å². The van der Waals surface area contributed by atoms with Gasteiger partial charge in [0.15, 0.2) is 0 Å². The van der Waals surface area contributed by atoms with E-state index in [0.29, 0.717) is 13.0 Å². The number of alkyl carbamates (subject to hydrolysis) is 1. The Morgan fingerprint density at radius 2 is 1.65 bits per heavy atom. The molecule has 1 saturated heterocycles. The molecular weight excluding hydrogens is 432 g/mol. The minimum absolute atomic E-state index is 0.0617. The van der Waals surface area contributed by atoms with Crippen LogP contribution in [0.15, 0.2) is 48.5 Å². The van der Waals surface area contributed by atoms with E-state index in [-0.39, 0.29) is 36.8 Å². The molecule has 7 nitrogen and oxygen atoms in total. The average molecular weight is 465 g/mol. The summed E-state index contributed by atoms with van der Waals surface area (Å²) in [5.41, 5.74) is 4.55. The molecule has 0 saturated carbocycles. The van der Waals surface area contributed by atoms with Crippen molar-refractivity contribution in [2.45, 2.75) is 57.5 Å². The summed E-state index contributed by atoms with van der Waals surface area (Å²) >= 11 is 0. The minimum Gasteiger partial charge on any atom is -0.481 e. The maximum atomic E-state index is 13.3. The van der Waals surface area contributed by atoms with Gasteiger partial charge in [-0.25, -0.2) is 4.79 Å². The predicted octanol–water partition coefficient (Wildman–Crippen LogP) is 4.41. The van der Waals surface area contributed by atoms with E-state index in [4.69, 9.17) is 4.74 Å². The van der Waals surface area contributed by atoms with Crippen LogP contribution in [0.2, 0.25) is 0 Å². The third kappa shape index (κ3) is 4.93. The molecule has 4 rings (SSSR count). The van der Waals surface area contributed by atoms with Crippen LogP contribution < -0.4 is 5.32 Å². The number of nitrogens with zero attached hydrogens (tertiary/aromatic N) is 1. The van der Waals surface area contributed by atoms with Crippen molar-refractivity contribution in [3.05, 3.63) is 59.7 Å². The fourth-order valence-electron chi connectivity index (χ4n) is 5.16. The quantitative estimate of drug-likeness (QED) is 0.633. The van der Waals surface area contributed by atoms with E-state index in [0.717, 1.165) is 35.1 Å². The molecule has 0 spiro atoms. The number of carboxylic acids is 1. The van der Waals surface area contributed by atoms with Gasteiger partial charge < -0.3 is 20.1 Å². The van der Waals surface area contributed by atoms with Gasteiger partial charge in [0.05, 0.1) is 6.42 Å². The number of ether oxygens (including phenoxy) is 1. The van der Waals surface area contributed by atoms with Gasteiger partial charge in [-0.15, -0.1) is 0 Å². The molecule has 1 aliphatic carbocycles. The molecule has 2 aromatic rings. The van der Waals surface area contributed by atoms with Crippen LogP contribution in [0.3, 0.4) is 0 Å². The first-order valence-corrected chi connectivity index (χ1v) is 12.0. The predicted molar refractivity (Wildman–Crippen MR) is 128 cm³/mol. The lowest BCUT2D eigenvalue weighted by Crippen LogP contribution is -2.55. The van der Waals surface area contributed by atoms with Crippen molar-refractivity contribution in [3.63, 3.8) is 0 Å². The van der Waals surface area contributed by atoms with Crippen molar-refractivity contribution in [2.24, 2.45) is 5.92 Å². The Hall–Kier alpha value is -3.35. The Labute approximate surface area is 200 Å². The topological polar surface area (TPSA) is 95.9 Å². The number of amides is 2. The largest absolute Gasteiger partial charge is 0.481 e. The van der Waals surface area contributed by atoms with Gasteiger partial charge in [0.2, 0.25) is 5.91 Å². The number of likely N-dealkylation sites (tertiary alicyclic amines) is 1. The molecule has 1 heterocycles. The lowest BCUT2D eigenvalue weighted by atomic mass is 9.95. The monoisotopic (exact) mass is 464 g/mol. The third-order valence-corrected chi connectivity index (χ3v) is 6.87. The number of nitrogens with one attached hydrogen (secondary N) is 1. The third-order valence-electron chi connectivity index (χ3n) is 6.87. The van der Waals surface area contributed by atoms with Crippen molar-refractivity contribution in [1.29, 1.82) is 0 Å². The van der Waals surface area contributed by atoms with Crippen LogP contribution in [0.25, 0.3) is 11.1 Å². The van der Waals surface area contributed by atoms with Crippen LogP contribution in [0.5, 0.6) is 0 Å². The number of rotatable bonds is 7. The van der Waals surface area contributed by atoms with Gasteiger partial charge in [0.25, 0.3) is 0 Å². The first-order valence-electron chi connectivity index (χ1n) is 12.0. The number of hydrogen-bond donors (Lipinski definition) is 2. The summed E-state index contributed by atoms with van der Waals surface area (Å²) < 4.78 is 5.63. The fraction of sp³-hybridized carbons (Fsp3) is 0.444. The zero-order chi connectivity index (χ0) is 24.2. The molecule has 1 aliphatic heterocycles. The van der Waals surface area contributed by atoms with E-state index in [9.17, 15) is 19.5 Å². The summed E-state index contributed by atoms with van der Waals surface area (Å²) in [6.45, 7) is 4.40. The molecule has 7 heteroatoms. The van der Waals surface area contributed by atoms with Gasteiger partial charge in [-0.1, -0.05) is 62.4 Å². The molecule has 180 valence electrons. The van der Waals surface area contributed by atoms with Crippen LogP contribution >= 0.6 is 0 Å². The van der Waals surface area contributed by atoms with Crippen LogP contribution in [-0.2, 0) is 14.3 Å². The number of hydrogen-bond acceptors (Lipinski definition) is 4. The first kappa shape index (κ1) is 23.8. The smallest absolute Gasteiger partial charge is 0.407 e. The molecule has 2 N–H and O–H groups in total. The lowest BCUT2D eigenvalue weighted by molar-refractivity contribution is -0.143. The molecule has 2 atom stereocenters. The second-order valence-electron chi connectivity index (χ2n) is 9.47. The van der Waals surface area contributed by atoms with Crippen LogP contribution in [0.4, 0.5) is 4.79 Å². The van der Waals surface area contributed by atoms with E-state index >= 15 is 0 Å². The molecule has 2 amide bonds. The van der Waals surface area contributed by atoms with Crippen LogP contribution in [-0.4, -0.2) is 53.2 Å². The lowest BCUT2D eigenvalue weighted by Gasteiger charge is -2.38. The summed E-state index contributed by atoms with van der Waals surface area (Å²) in [6.07, 6.45) is 1.67. The molecule has 1 unspecified atom stereocenters. The van der Waals surface area contributed by atoms with Crippen LogP contribution in [0.1, 0.15) is 56.6 Å². The van der Waals surface area contributed by atoms with Gasteiger partial charge >= 0.3 is 12.1 Å². The van der Waals surface area contributed by atoms with Crippen molar-refractivity contribution in [2.75, 3.05) is 13.2 Å². The molecular formula is C27H32N2O5. The number of carbonyl (C=O) groups is 3. The number of piperidine rings is 1. The van der Waals surface area contributed by atoms with Gasteiger partial charge in [-0.05, 0) is 47.4 Å². The van der Waals surface area contributed by atoms with E-state index in [1.807, 2.05) is 38.1 Å². The summed E-state index contributed by atoms with van der Waals surface area (Å²) in [6, 6.07) is 15.1. The first-order chi connectivity index (χ1) is 16.4. The van der Waals surface area contributed by atoms with Crippen molar-refractivity contribution in [1.82, 2.24) is 10.2 Å². The highest BCUT2D eigenvalue weighted by Gasteiger charge is 2.35. The SMILES string of the molecule is CC(C)C(NC(=O)OCC1c2ccccc2-c2ccccc21)C(=O)N1CCCC[C@@H]1CC(=O)O. The van der Waals surface area contributed by atoms with Gasteiger partial charge in [-0.3, -0.25) is 9.59 Å². The highest BCUT2D eigenvalue weighted by atomic mass is 16.5. The van der Waals surface area contributed by atoms with Gasteiger partial charge in [0, 0.05) is 18.5 Å². The molecule has 2 aromatic carbocycles. The Morgan fingerprint density at radius 3 is 2.24 bits per heavy atom. The van der Waals surface area contributed by atoms with Crippen molar-refractivity contribution >= 4 is 18.0 Å². The number of aliphatic carboxylic acids is 1. The summed E-state index contributed by atoms with van der Waals surface area (Å²) in [4.78, 5) is 39.0. The molecule has 0 radical (unpaired) electrons. The normalized spacial score (nSPS) is 18.2. The maximum Gasteiger partial charge on any atom is 0.407 e. The van der Waals surface area contributed by atoms with E-state index < -0.39 is 18.1 Å². The second kappa shape index (κ2) is 10.3. The Balaban J connectivity index is 1.43. The fourth-order valence-corrected chi connectivity index (χ4v) is 5.16. The Morgan fingerprint density at radius 1 is 1.03 bits per heavy atom. The zero-order valence-electron chi connectivity index (χ0n) is 19.7. The highest BCUT2D eigenvalue weighted by molar-refractivity contribution is 5.87. The maximum absolute atomic E-state index is 13.3. The molecule has 34 heavy (non-hydrogen) atoms. The average Bonchev–Trinajstić information content (AvgIpc) is 3.14. The minimum atomic E-state index is -0.921. The molecule has 2 aliphatic rings. The number of benzene rings is 2. The zero-order valence-corrected chi connectivity index (χ0v) is 19.7. The van der Waals surface area contributed by atoms with Gasteiger partial charge in [-0.2, -0.15) is 0 Å². The Kier molecular flexibility index (Phi) is 7.20. The summed E-state index contributed by atoms with van der Waals surface area (Å²) in [7, 11) is 0. The molecule has 1 fully saturated rings. The summed E-state index contributed by atoms with van der Waals surface area (Å²) in [5.74, 6) is -1.39. The van der Waals surface area contributed by atoms with Crippen molar-refractivity contribution in [3.8, 4) is 11.1 Å². The molecule has 0 bridgehead atoms. The van der Waals surface area contributed by atoms with E-state index in [2.05, 4.69) is 29.6 Å². The standard InChI is InChI=1S/C27H32N2O5/c1-17(2)25(26(32)29-14-8-7-9-18(29)15-24(30)31)28-27(33)34-16-23-21-12-5-3-10-19(21)20-11-4-6-13-22(20)23/h3-6,10-13,17-18,23,25H,7-9,14-16H2,1-2H3,(H,28,33)(H,30,31)/t18-,25?/m1/s1. The number of carbonyl (C=O) groups excluding carboxylic acids is 2. The second-order valence-corrected chi connectivity index (χ2v) is 9.47. The number of fused-ring (bicyclic) bond motifs is 3. The highest BCUT2D eigenvalue weighted by Crippen LogP contribution is 2.44. The summed E-state index contributed by atoms with van der Waals surface area (Å²) in [5, 5.41) is 12.0. The van der Waals surface area contributed by atoms with E-state index in [1.54, 1.807) is 4.90 Å². The van der Waals surface area contributed by atoms with E-state index in [1.165, 1.54) is 0 Å². The van der Waals surface area contributed by atoms with Crippen molar-refractivity contribution < 1.29 is 24.2 Å².